The van der Waals surface area contributed by atoms with Crippen LogP contribution in [0.15, 0.2) is 10.6 Å². The van der Waals surface area contributed by atoms with Crippen LogP contribution in [0.3, 0.4) is 0 Å². The van der Waals surface area contributed by atoms with Crippen molar-refractivity contribution in [2.75, 3.05) is 13.1 Å². The van der Waals surface area contributed by atoms with E-state index in [-0.39, 0.29) is 11.8 Å². The molecule has 8 heteroatoms. The number of fused-ring (bicyclic) bond motifs is 1. The maximum Gasteiger partial charge on any atom is 0.259 e. The second kappa shape index (κ2) is 5.65. The number of rotatable bonds is 2. The van der Waals surface area contributed by atoms with Crippen LogP contribution in [-0.2, 0) is 0 Å². The highest BCUT2D eigenvalue weighted by Crippen LogP contribution is 2.28. The molecule has 0 unspecified atom stereocenters. The Morgan fingerprint density at radius 2 is 2.04 bits per heavy atom. The number of nitrogens with zero attached hydrogens (tertiary/aromatic N) is 6. The van der Waals surface area contributed by atoms with Crippen LogP contribution in [0, 0.1) is 27.7 Å². The van der Waals surface area contributed by atoms with Gasteiger partial charge in [0.2, 0.25) is 5.89 Å². The van der Waals surface area contributed by atoms with E-state index >= 15 is 0 Å². The van der Waals surface area contributed by atoms with Crippen molar-refractivity contribution in [2.45, 2.75) is 40.0 Å². The molecule has 0 radical (unpaired) electrons. The van der Waals surface area contributed by atoms with Crippen LogP contribution in [0.2, 0.25) is 0 Å². The maximum atomic E-state index is 13.1. The van der Waals surface area contributed by atoms with Crippen LogP contribution in [0.4, 0.5) is 0 Å². The van der Waals surface area contributed by atoms with Gasteiger partial charge in [0.1, 0.15) is 5.56 Å². The van der Waals surface area contributed by atoms with Crippen LogP contribution < -0.4 is 0 Å². The summed E-state index contributed by atoms with van der Waals surface area (Å²) in [6.45, 7) is 8.77. The molecule has 1 atom stereocenters. The van der Waals surface area contributed by atoms with Crippen molar-refractivity contribution < 1.29 is 9.32 Å². The van der Waals surface area contributed by atoms with Crippen molar-refractivity contribution in [2.24, 2.45) is 0 Å². The second-order valence-corrected chi connectivity index (χ2v) is 6.65. The SMILES string of the molecule is Cc1cc(C)n2nc(C)c(C(=O)N3CC[C@@H](c4nc(C)no4)C3)c2n1. The smallest absolute Gasteiger partial charge is 0.259 e. The molecule has 3 aromatic rings. The minimum absolute atomic E-state index is 0.0382. The molecule has 0 spiro atoms. The lowest BCUT2D eigenvalue weighted by molar-refractivity contribution is 0.0790. The second-order valence-electron chi connectivity index (χ2n) is 6.65. The normalized spacial score (nSPS) is 17.6. The number of hydrogen-bond donors (Lipinski definition) is 0. The first-order chi connectivity index (χ1) is 11.9. The molecular formula is C17H20N6O2. The largest absolute Gasteiger partial charge is 0.339 e. The summed E-state index contributed by atoms with van der Waals surface area (Å²) in [4.78, 5) is 23.8. The van der Waals surface area contributed by atoms with Crippen LogP contribution in [0.5, 0.6) is 0 Å². The van der Waals surface area contributed by atoms with Gasteiger partial charge in [0.05, 0.1) is 11.6 Å². The Kier molecular flexibility index (Phi) is 3.55. The van der Waals surface area contributed by atoms with E-state index < -0.39 is 0 Å². The molecule has 3 aromatic heterocycles. The maximum absolute atomic E-state index is 13.1. The highest BCUT2D eigenvalue weighted by molar-refractivity contribution is 6.01. The minimum atomic E-state index is -0.0382. The van der Waals surface area contributed by atoms with Gasteiger partial charge in [0.15, 0.2) is 11.5 Å². The van der Waals surface area contributed by atoms with E-state index in [1.807, 2.05) is 31.7 Å². The van der Waals surface area contributed by atoms with Crippen LogP contribution in [-0.4, -0.2) is 48.6 Å². The number of carbonyl (C=O) groups excluding carboxylic acids is 1. The van der Waals surface area contributed by atoms with Gasteiger partial charge in [-0.2, -0.15) is 10.1 Å². The topological polar surface area (TPSA) is 89.4 Å². The number of hydrogen-bond acceptors (Lipinski definition) is 6. The van der Waals surface area contributed by atoms with E-state index in [0.29, 0.717) is 41.7 Å². The van der Waals surface area contributed by atoms with Gasteiger partial charge in [0, 0.05) is 24.5 Å². The van der Waals surface area contributed by atoms with Crippen molar-refractivity contribution in [3.05, 3.63) is 40.4 Å². The fourth-order valence-electron chi connectivity index (χ4n) is 3.46. The summed E-state index contributed by atoms with van der Waals surface area (Å²) in [5.41, 5.74) is 3.74. The third-order valence-electron chi connectivity index (χ3n) is 4.65. The van der Waals surface area contributed by atoms with Crippen LogP contribution >= 0.6 is 0 Å². The first-order valence-corrected chi connectivity index (χ1v) is 8.37. The Labute approximate surface area is 144 Å². The lowest BCUT2D eigenvalue weighted by atomic mass is 10.1. The fraction of sp³-hybridized carbons (Fsp3) is 0.471. The molecule has 1 fully saturated rings. The van der Waals surface area contributed by atoms with Gasteiger partial charge in [-0.3, -0.25) is 4.79 Å². The Bertz CT molecular complexity index is 973. The lowest BCUT2D eigenvalue weighted by Gasteiger charge is -2.15. The first-order valence-electron chi connectivity index (χ1n) is 8.37. The monoisotopic (exact) mass is 340 g/mol. The predicted octanol–water partition coefficient (Wildman–Crippen LogP) is 1.98. The summed E-state index contributed by atoms with van der Waals surface area (Å²) < 4.78 is 7.01. The molecule has 4 rings (SSSR count). The number of carbonyl (C=O) groups is 1. The summed E-state index contributed by atoms with van der Waals surface area (Å²) in [6, 6.07) is 1.96. The Balaban J connectivity index is 1.66. The molecule has 130 valence electrons. The van der Waals surface area contributed by atoms with E-state index in [1.54, 1.807) is 11.4 Å². The van der Waals surface area contributed by atoms with Crippen LogP contribution in [0.25, 0.3) is 5.65 Å². The molecule has 1 saturated heterocycles. The molecule has 0 aromatic carbocycles. The minimum Gasteiger partial charge on any atom is -0.339 e. The standard InChI is InChI=1S/C17H20N6O2/c1-9-7-10(2)23-15(18-9)14(11(3)20-23)17(24)22-6-5-13(8-22)16-19-12(4)21-25-16/h7,13H,5-6,8H2,1-4H3/t13-/m1/s1. The summed E-state index contributed by atoms with van der Waals surface area (Å²) in [5.74, 6) is 1.27. The summed E-state index contributed by atoms with van der Waals surface area (Å²) in [7, 11) is 0. The van der Waals surface area contributed by atoms with Gasteiger partial charge in [0.25, 0.3) is 5.91 Å². The van der Waals surface area contributed by atoms with Gasteiger partial charge in [-0.05, 0) is 40.2 Å². The predicted molar refractivity (Wildman–Crippen MR) is 89.5 cm³/mol. The highest BCUT2D eigenvalue weighted by atomic mass is 16.5. The molecule has 0 N–H and O–H groups in total. The Hall–Kier alpha value is -2.77. The zero-order valence-corrected chi connectivity index (χ0v) is 14.8. The molecule has 1 aliphatic rings. The number of likely N-dealkylation sites (tertiary alicyclic amines) is 1. The molecule has 1 aliphatic heterocycles. The van der Waals surface area contributed by atoms with Crippen molar-refractivity contribution in [3.8, 4) is 0 Å². The summed E-state index contributed by atoms with van der Waals surface area (Å²) in [6.07, 6.45) is 0.817. The average Bonchev–Trinajstić information content (AvgIpc) is 3.25. The van der Waals surface area contributed by atoms with E-state index in [1.165, 1.54) is 0 Å². The molecule has 8 nitrogen and oxygen atoms in total. The summed E-state index contributed by atoms with van der Waals surface area (Å²) >= 11 is 0. The van der Waals surface area contributed by atoms with Crippen molar-refractivity contribution >= 4 is 11.6 Å². The lowest BCUT2D eigenvalue weighted by Crippen LogP contribution is -2.29. The highest BCUT2D eigenvalue weighted by Gasteiger charge is 2.33. The number of amides is 1. The first kappa shape index (κ1) is 15.7. The van der Waals surface area contributed by atoms with E-state index in [4.69, 9.17) is 4.52 Å². The molecular weight excluding hydrogens is 320 g/mol. The summed E-state index contributed by atoms with van der Waals surface area (Å²) in [5, 5.41) is 8.34. The zero-order valence-electron chi connectivity index (χ0n) is 14.8. The van der Waals surface area contributed by atoms with Crippen molar-refractivity contribution in [1.29, 1.82) is 0 Å². The Morgan fingerprint density at radius 3 is 2.76 bits per heavy atom. The van der Waals surface area contributed by atoms with Gasteiger partial charge in [-0.15, -0.1) is 0 Å². The van der Waals surface area contributed by atoms with Crippen molar-refractivity contribution in [1.82, 2.24) is 29.6 Å². The third-order valence-corrected chi connectivity index (χ3v) is 4.65. The van der Waals surface area contributed by atoms with Crippen molar-refractivity contribution in [3.63, 3.8) is 0 Å². The molecule has 1 amide bonds. The molecule has 0 aliphatic carbocycles. The van der Waals surface area contributed by atoms with E-state index in [2.05, 4.69) is 20.2 Å². The van der Waals surface area contributed by atoms with E-state index in [9.17, 15) is 4.79 Å². The van der Waals surface area contributed by atoms with Crippen LogP contribution in [0.1, 0.15) is 51.5 Å². The molecule has 0 saturated carbocycles. The average molecular weight is 340 g/mol. The van der Waals surface area contributed by atoms with Gasteiger partial charge >= 0.3 is 0 Å². The number of aryl methyl sites for hydroxylation is 4. The molecule has 25 heavy (non-hydrogen) atoms. The fourth-order valence-corrected chi connectivity index (χ4v) is 3.46. The molecule has 4 heterocycles. The molecule has 0 bridgehead atoms. The zero-order chi connectivity index (χ0) is 17.7. The third kappa shape index (κ3) is 2.57. The van der Waals surface area contributed by atoms with Gasteiger partial charge in [-0.1, -0.05) is 5.16 Å². The van der Waals surface area contributed by atoms with E-state index in [0.717, 1.165) is 17.8 Å². The Morgan fingerprint density at radius 1 is 1.24 bits per heavy atom. The quantitative estimate of drug-likeness (QED) is 0.708. The van der Waals surface area contributed by atoms with Gasteiger partial charge in [-0.25, -0.2) is 9.50 Å². The number of aromatic nitrogens is 5. The van der Waals surface area contributed by atoms with Gasteiger partial charge < -0.3 is 9.42 Å².